The smallest absolute Gasteiger partial charge is 0.275 e. The Bertz CT molecular complexity index is 663. The SMILES string of the molecule is Cn1cc(-c2ccc(C(C)(C)C)c(F)c2)c(C(F)(F)F)n1. The molecule has 0 N–H and O–H groups in total. The highest BCUT2D eigenvalue weighted by molar-refractivity contribution is 5.66. The Morgan fingerprint density at radius 2 is 1.71 bits per heavy atom. The van der Waals surface area contributed by atoms with Gasteiger partial charge in [0.15, 0.2) is 5.69 Å². The number of rotatable bonds is 1. The van der Waals surface area contributed by atoms with Gasteiger partial charge in [-0.3, -0.25) is 4.68 Å². The Labute approximate surface area is 120 Å². The van der Waals surface area contributed by atoms with Crippen LogP contribution in [0.1, 0.15) is 32.0 Å². The minimum Gasteiger partial charge on any atom is -0.275 e. The van der Waals surface area contributed by atoms with E-state index >= 15 is 0 Å². The van der Waals surface area contributed by atoms with Crippen molar-refractivity contribution >= 4 is 0 Å². The predicted octanol–water partition coefficient (Wildman–Crippen LogP) is 4.54. The van der Waals surface area contributed by atoms with E-state index < -0.39 is 23.1 Å². The van der Waals surface area contributed by atoms with Gasteiger partial charge in [0.05, 0.1) is 0 Å². The molecule has 2 aromatic rings. The lowest BCUT2D eigenvalue weighted by atomic mass is 9.85. The molecule has 0 spiro atoms. The van der Waals surface area contributed by atoms with E-state index in [9.17, 15) is 17.6 Å². The topological polar surface area (TPSA) is 17.8 Å². The van der Waals surface area contributed by atoms with E-state index in [0.717, 1.165) is 10.7 Å². The summed E-state index contributed by atoms with van der Waals surface area (Å²) in [6, 6.07) is 4.15. The fourth-order valence-corrected chi connectivity index (χ4v) is 2.20. The average molecular weight is 300 g/mol. The molecule has 0 saturated heterocycles. The maximum absolute atomic E-state index is 14.2. The highest BCUT2D eigenvalue weighted by Crippen LogP contribution is 2.37. The maximum Gasteiger partial charge on any atom is 0.435 e. The molecule has 1 aromatic carbocycles. The summed E-state index contributed by atoms with van der Waals surface area (Å²) in [5.41, 5.74) is -0.911. The fourth-order valence-electron chi connectivity index (χ4n) is 2.20. The summed E-state index contributed by atoms with van der Waals surface area (Å²) in [6.07, 6.45) is -3.33. The lowest BCUT2D eigenvalue weighted by molar-refractivity contribution is -0.140. The molecule has 0 radical (unpaired) electrons. The van der Waals surface area contributed by atoms with Crippen LogP contribution in [0.4, 0.5) is 17.6 Å². The third kappa shape index (κ3) is 3.09. The lowest BCUT2D eigenvalue weighted by Crippen LogP contribution is -2.13. The van der Waals surface area contributed by atoms with Crippen LogP contribution in [0.5, 0.6) is 0 Å². The summed E-state index contributed by atoms with van der Waals surface area (Å²) in [7, 11) is 1.40. The third-order valence-corrected chi connectivity index (χ3v) is 3.19. The molecule has 1 aromatic heterocycles. The molecule has 0 aliphatic heterocycles. The van der Waals surface area contributed by atoms with Gasteiger partial charge in [0.2, 0.25) is 0 Å². The minimum atomic E-state index is -4.57. The Kier molecular flexibility index (Phi) is 3.59. The number of alkyl halides is 3. The first-order valence-electron chi connectivity index (χ1n) is 6.41. The van der Waals surface area contributed by atoms with E-state index in [-0.39, 0.29) is 11.1 Å². The Balaban J connectivity index is 2.57. The molecule has 0 unspecified atom stereocenters. The predicted molar refractivity (Wildman–Crippen MR) is 72.3 cm³/mol. The average Bonchev–Trinajstić information content (AvgIpc) is 2.69. The van der Waals surface area contributed by atoms with Crippen molar-refractivity contribution in [2.24, 2.45) is 7.05 Å². The van der Waals surface area contributed by atoms with E-state index in [0.29, 0.717) is 5.56 Å². The quantitative estimate of drug-likeness (QED) is 0.707. The van der Waals surface area contributed by atoms with Crippen LogP contribution in [-0.2, 0) is 18.6 Å². The molecular weight excluding hydrogens is 284 g/mol. The summed E-state index contributed by atoms with van der Waals surface area (Å²) in [5.74, 6) is -0.517. The van der Waals surface area contributed by atoms with Gasteiger partial charge < -0.3 is 0 Å². The van der Waals surface area contributed by atoms with Gasteiger partial charge in [-0.2, -0.15) is 18.3 Å². The van der Waals surface area contributed by atoms with Crippen LogP contribution in [0.3, 0.4) is 0 Å². The number of hydrogen-bond acceptors (Lipinski definition) is 1. The zero-order valence-electron chi connectivity index (χ0n) is 12.2. The molecule has 2 nitrogen and oxygen atoms in total. The number of halogens is 4. The van der Waals surface area contributed by atoms with Crippen LogP contribution in [0.15, 0.2) is 24.4 Å². The molecule has 6 heteroatoms. The second-order valence-electron chi connectivity index (χ2n) is 6.01. The molecule has 114 valence electrons. The van der Waals surface area contributed by atoms with Crippen LogP contribution in [-0.4, -0.2) is 9.78 Å². The second-order valence-corrected chi connectivity index (χ2v) is 6.01. The van der Waals surface area contributed by atoms with Crippen molar-refractivity contribution < 1.29 is 17.6 Å². The molecule has 0 saturated carbocycles. The van der Waals surface area contributed by atoms with Crippen molar-refractivity contribution in [3.05, 3.63) is 41.5 Å². The summed E-state index contributed by atoms with van der Waals surface area (Å²) >= 11 is 0. The van der Waals surface area contributed by atoms with Crippen LogP contribution >= 0.6 is 0 Å². The van der Waals surface area contributed by atoms with Gasteiger partial charge in [0.1, 0.15) is 5.82 Å². The Morgan fingerprint density at radius 1 is 1.10 bits per heavy atom. The van der Waals surface area contributed by atoms with E-state index in [1.165, 1.54) is 25.4 Å². The Morgan fingerprint density at radius 3 is 2.19 bits per heavy atom. The van der Waals surface area contributed by atoms with E-state index in [4.69, 9.17) is 0 Å². The van der Waals surface area contributed by atoms with Crippen molar-refractivity contribution in [2.45, 2.75) is 32.4 Å². The molecule has 21 heavy (non-hydrogen) atoms. The van der Waals surface area contributed by atoms with Crippen LogP contribution < -0.4 is 0 Å². The minimum absolute atomic E-state index is 0.121. The van der Waals surface area contributed by atoms with Gasteiger partial charge in [0, 0.05) is 18.8 Å². The molecule has 0 aliphatic carbocycles. The normalized spacial score (nSPS) is 12.8. The third-order valence-electron chi connectivity index (χ3n) is 3.19. The fraction of sp³-hybridized carbons (Fsp3) is 0.400. The molecule has 2 rings (SSSR count). The largest absolute Gasteiger partial charge is 0.435 e. The lowest BCUT2D eigenvalue weighted by Gasteiger charge is -2.20. The van der Waals surface area contributed by atoms with Crippen LogP contribution in [0.25, 0.3) is 11.1 Å². The number of hydrogen-bond donors (Lipinski definition) is 0. The molecule has 0 atom stereocenters. The maximum atomic E-state index is 14.2. The van der Waals surface area contributed by atoms with Crippen molar-refractivity contribution in [1.82, 2.24) is 9.78 Å². The number of benzene rings is 1. The molecule has 1 heterocycles. The summed E-state index contributed by atoms with van der Waals surface area (Å²) in [5, 5.41) is 3.43. The highest BCUT2D eigenvalue weighted by atomic mass is 19.4. The summed E-state index contributed by atoms with van der Waals surface area (Å²) in [6.45, 7) is 5.53. The molecule has 0 aliphatic rings. The second kappa shape index (κ2) is 4.86. The van der Waals surface area contributed by atoms with Gasteiger partial charge in [-0.05, 0) is 22.6 Å². The summed E-state index contributed by atoms with van der Waals surface area (Å²) in [4.78, 5) is 0. The first-order valence-corrected chi connectivity index (χ1v) is 6.41. The van der Waals surface area contributed by atoms with Crippen molar-refractivity contribution in [3.63, 3.8) is 0 Å². The molecular formula is C15H16F4N2. The number of aryl methyl sites for hydroxylation is 1. The number of aromatic nitrogens is 2. The first kappa shape index (κ1) is 15.5. The van der Waals surface area contributed by atoms with Crippen LogP contribution in [0.2, 0.25) is 0 Å². The molecule has 0 fully saturated rings. The standard InChI is InChI=1S/C15H16F4N2/c1-14(2,3)11-6-5-9(7-12(11)16)10-8-21(4)20-13(10)15(17,18)19/h5-8H,1-4H3. The zero-order chi connectivity index (χ0) is 16.0. The Hall–Kier alpha value is -1.85. The van der Waals surface area contributed by atoms with Gasteiger partial charge in [-0.15, -0.1) is 0 Å². The number of nitrogens with zero attached hydrogens (tertiary/aromatic N) is 2. The molecule has 0 bridgehead atoms. The van der Waals surface area contributed by atoms with E-state index in [1.54, 1.807) is 0 Å². The highest BCUT2D eigenvalue weighted by Gasteiger charge is 2.37. The first-order chi connectivity index (χ1) is 9.50. The van der Waals surface area contributed by atoms with Gasteiger partial charge in [0.25, 0.3) is 0 Å². The van der Waals surface area contributed by atoms with Crippen molar-refractivity contribution in [2.75, 3.05) is 0 Å². The van der Waals surface area contributed by atoms with Gasteiger partial charge >= 0.3 is 6.18 Å². The van der Waals surface area contributed by atoms with E-state index in [2.05, 4.69) is 5.10 Å². The van der Waals surface area contributed by atoms with Crippen molar-refractivity contribution in [1.29, 1.82) is 0 Å². The monoisotopic (exact) mass is 300 g/mol. The summed E-state index contributed by atoms with van der Waals surface area (Å²) < 4.78 is 54.1. The zero-order valence-corrected chi connectivity index (χ0v) is 12.2. The van der Waals surface area contributed by atoms with Crippen LogP contribution in [0, 0.1) is 5.82 Å². The van der Waals surface area contributed by atoms with Gasteiger partial charge in [-0.1, -0.05) is 32.9 Å². The van der Waals surface area contributed by atoms with Gasteiger partial charge in [-0.25, -0.2) is 4.39 Å². The molecule has 0 amide bonds. The van der Waals surface area contributed by atoms with Crippen molar-refractivity contribution in [3.8, 4) is 11.1 Å². The van der Waals surface area contributed by atoms with E-state index in [1.807, 2.05) is 20.8 Å².